The number of hydrogen-bond acceptors (Lipinski definition) is 3. The van der Waals surface area contributed by atoms with Crippen molar-refractivity contribution in [1.29, 1.82) is 0 Å². The number of carbonyl (C=O) groups excluding carboxylic acids is 1. The molecule has 1 atom stereocenters. The SMILES string of the molecule is CCN(CC)c1ccc(C(=O)N2CCCC2CN2CCCC2)cc1. The second kappa shape index (κ2) is 8.02. The van der Waals surface area contributed by atoms with Crippen molar-refractivity contribution in [3.05, 3.63) is 29.8 Å². The Balaban J connectivity index is 1.66. The van der Waals surface area contributed by atoms with Gasteiger partial charge in [-0.25, -0.2) is 0 Å². The van der Waals surface area contributed by atoms with E-state index in [4.69, 9.17) is 0 Å². The Morgan fingerprint density at radius 3 is 2.33 bits per heavy atom. The van der Waals surface area contributed by atoms with E-state index in [0.717, 1.165) is 44.6 Å². The molecule has 1 amide bonds. The summed E-state index contributed by atoms with van der Waals surface area (Å²) in [5.41, 5.74) is 2.03. The molecule has 0 spiro atoms. The highest BCUT2D eigenvalue weighted by Crippen LogP contribution is 2.23. The molecule has 1 aromatic rings. The van der Waals surface area contributed by atoms with Crippen LogP contribution in [0, 0.1) is 0 Å². The van der Waals surface area contributed by atoms with Crippen molar-refractivity contribution >= 4 is 11.6 Å². The van der Waals surface area contributed by atoms with Gasteiger partial charge in [-0.3, -0.25) is 4.79 Å². The molecule has 2 fully saturated rings. The Labute approximate surface area is 146 Å². The average molecular weight is 329 g/mol. The van der Waals surface area contributed by atoms with E-state index in [1.807, 2.05) is 12.1 Å². The molecule has 0 N–H and O–H groups in total. The van der Waals surface area contributed by atoms with E-state index in [0.29, 0.717) is 6.04 Å². The minimum absolute atomic E-state index is 0.211. The standard InChI is InChI=1S/C20H31N3O/c1-3-22(4-2)18-11-9-17(10-12-18)20(24)23-15-7-8-19(23)16-21-13-5-6-14-21/h9-12,19H,3-8,13-16H2,1-2H3. The highest BCUT2D eigenvalue weighted by molar-refractivity contribution is 5.95. The van der Waals surface area contributed by atoms with Crippen LogP contribution in [-0.4, -0.2) is 61.0 Å². The molecule has 4 nitrogen and oxygen atoms in total. The zero-order chi connectivity index (χ0) is 16.9. The van der Waals surface area contributed by atoms with Gasteiger partial charge in [0, 0.05) is 43.5 Å². The third-order valence-corrected chi connectivity index (χ3v) is 5.55. The number of rotatable bonds is 6. The lowest BCUT2D eigenvalue weighted by atomic mass is 10.1. The predicted molar refractivity (Wildman–Crippen MR) is 99.7 cm³/mol. The fourth-order valence-electron chi connectivity index (χ4n) is 4.13. The van der Waals surface area contributed by atoms with Gasteiger partial charge in [-0.2, -0.15) is 0 Å². The summed E-state index contributed by atoms with van der Waals surface area (Å²) in [6.45, 7) is 10.7. The summed E-state index contributed by atoms with van der Waals surface area (Å²) in [5, 5.41) is 0. The molecule has 4 heteroatoms. The number of likely N-dealkylation sites (tertiary alicyclic amines) is 2. The van der Waals surface area contributed by atoms with E-state index < -0.39 is 0 Å². The number of hydrogen-bond donors (Lipinski definition) is 0. The fraction of sp³-hybridized carbons (Fsp3) is 0.650. The number of anilines is 1. The summed E-state index contributed by atoms with van der Waals surface area (Å²) < 4.78 is 0. The van der Waals surface area contributed by atoms with E-state index in [1.54, 1.807) is 0 Å². The van der Waals surface area contributed by atoms with Gasteiger partial charge in [0.15, 0.2) is 0 Å². The Hall–Kier alpha value is -1.55. The summed E-state index contributed by atoms with van der Waals surface area (Å²) >= 11 is 0. The van der Waals surface area contributed by atoms with E-state index in [-0.39, 0.29) is 5.91 Å². The molecule has 3 rings (SSSR count). The fourth-order valence-corrected chi connectivity index (χ4v) is 4.13. The zero-order valence-electron chi connectivity index (χ0n) is 15.2. The van der Waals surface area contributed by atoms with E-state index >= 15 is 0 Å². The van der Waals surface area contributed by atoms with Crippen LogP contribution in [0.15, 0.2) is 24.3 Å². The van der Waals surface area contributed by atoms with Crippen LogP contribution in [0.4, 0.5) is 5.69 Å². The minimum Gasteiger partial charge on any atom is -0.372 e. The van der Waals surface area contributed by atoms with Crippen LogP contribution in [0.2, 0.25) is 0 Å². The van der Waals surface area contributed by atoms with Gasteiger partial charge in [-0.05, 0) is 76.9 Å². The predicted octanol–water partition coefficient (Wildman–Crippen LogP) is 3.23. The lowest BCUT2D eigenvalue weighted by Gasteiger charge is -2.29. The van der Waals surface area contributed by atoms with Gasteiger partial charge >= 0.3 is 0 Å². The molecule has 2 saturated heterocycles. The summed E-state index contributed by atoms with van der Waals surface area (Å²) in [5.74, 6) is 0.211. The van der Waals surface area contributed by atoms with Gasteiger partial charge in [-0.1, -0.05) is 0 Å². The quantitative estimate of drug-likeness (QED) is 0.802. The van der Waals surface area contributed by atoms with Crippen LogP contribution < -0.4 is 4.90 Å². The monoisotopic (exact) mass is 329 g/mol. The number of nitrogens with zero attached hydrogens (tertiary/aromatic N) is 3. The minimum atomic E-state index is 0.211. The van der Waals surface area contributed by atoms with Crippen LogP contribution in [-0.2, 0) is 0 Å². The highest BCUT2D eigenvalue weighted by Gasteiger charge is 2.31. The maximum absolute atomic E-state index is 12.9. The number of amides is 1. The molecular formula is C20H31N3O. The van der Waals surface area contributed by atoms with Crippen LogP contribution in [0.25, 0.3) is 0 Å². The van der Waals surface area contributed by atoms with Crippen molar-refractivity contribution < 1.29 is 4.79 Å². The smallest absolute Gasteiger partial charge is 0.254 e. The lowest BCUT2D eigenvalue weighted by molar-refractivity contribution is 0.0709. The molecule has 0 bridgehead atoms. The first-order chi connectivity index (χ1) is 11.7. The van der Waals surface area contributed by atoms with Crippen LogP contribution in [0.5, 0.6) is 0 Å². The van der Waals surface area contributed by atoms with Gasteiger partial charge in [0.25, 0.3) is 5.91 Å². The Morgan fingerprint density at radius 2 is 1.71 bits per heavy atom. The molecule has 24 heavy (non-hydrogen) atoms. The molecule has 0 aliphatic carbocycles. The molecular weight excluding hydrogens is 298 g/mol. The van der Waals surface area contributed by atoms with Gasteiger partial charge in [0.2, 0.25) is 0 Å². The topological polar surface area (TPSA) is 26.8 Å². The first-order valence-corrected chi connectivity index (χ1v) is 9.61. The molecule has 0 aromatic heterocycles. The van der Waals surface area contributed by atoms with Crippen molar-refractivity contribution in [3.8, 4) is 0 Å². The first-order valence-electron chi connectivity index (χ1n) is 9.61. The van der Waals surface area contributed by atoms with Crippen LogP contribution in [0.1, 0.15) is 49.9 Å². The van der Waals surface area contributed by atoms with Crippen molar-refractivity contribution in [3.63, 3.8) is 0 Å². The van der Waals surface area contributed by atoms with Crippen LogP contribution >= 0.6 is 0 Å². The van der Waals surface area contributed by atoms with Gasteiger partial charge in [0.1, 0.15) is 0 Å². The number of carbonyl (C=O) groups is 1. The van der Waals surface area contributed by atoms with Crippen molar-refractivity contribution in [1.82, 2.24) is 9.80 Å². The molecule has 2 aliphatic rings. The summed E-state index contributed by atoms with van der Waals surface area (Å²) in [4.78, 5) is 19.9. The molecule has 1 aromatic carbocycles. The molecule has 1 unspecified atom stereocenters. The molecule has 132 valence electrons. The van der Waals surface area contributed by atoms with E-state index in [2.05, 4.69) is 40.7 Å². The maximum atomic E-state index is 12.9. The Kier molecular flexibility index (Phi) is 5.77. The summed E-state index contributed by atoms with van der Waals surface area (Å²) in [6, 6.07) is 8.58. The van der Waals surface area contributed by atoms with Gasteiger partial charge < -0.3 is 14.7 Å². The Morgan fingerprint density at radius 1 is 1.04 bits per heavy atom. The second-order valence-electron chi connectivity index (χ2n) is 7.02. The third kappa shape index (κ3) is 3.75. The molecule has 0 saturated carbocycles. The first kappa shape index (κ1) is 17.3. The average Bonchev–Trinajstić information content (AvgIpc) is 3.28. The molecule has 0 radical (unpaired) electrons. The van der Waals surface area contributed by atoms with Crippen LogP contribution in [0.3, 0.4) is 0 Å². The third-order valence-electron chi connectivity index (χ3n) is 5.55. The van der Waals surface area contributed by atoms with Gasteiger partial charge in [-0.15, -0.1) is 0 Å². The summed E-state index contributed by atoms with van der Waals surface area (Å²) in [6.07, 6.45) is 4.92. The Bertz CT molecular complexity index is 532. The summed E-state index contributed by atoms with van der Waals surface area (Å²) in [7, 11) is 0. The molecule has 2 heterocycles. The largest absolute Gasteiger partial charge is 0.372 e. The van der Waals surface area contributed by atoms with Crippen molar-refractivity contribution in [2.24, 2.45) is 0 Å². The molecule has 2 aliphatic heterocycles. The highest BCUT2D eigenvalue weighted by atomic mass is 16.2. The second-order valence-corrected chi connectivity index (χ2v) is 7.02. The normalized spacial score (nSPS) is 21.4. The van der Waals surface area contributed by atoms with Crippen molar-refractivity contribution in [2.45, 2.75) is 45.6 Å². The maximum Gasteiger partial charge on any atom is 0.254 e. The lowest BCUT2D eigenvalue weighted by Crippen LogP contribution is -2.42. The zero-order valence-corrected chi connectivity index (χ0v) is 15.2. The van der Waals surface area contributed by atoms with Crippen molar-refractivity contribution in [2.75, 3.05) is 44.2 Å². The number of benzene rings is 1. The van der Waals surface area contributed by atoms with Gasteiger partial charge in [0.05, 0.1) is 0 Å². The van der Waals surface area contributed by atoms with E-state index in [9.17, 15) is 4.79 Å². The van der Waals surface area contributed by atoms with E-state index in [1.165, 1.54) is 31.6 Å².